The first-order chi connectivity index (χ1) is 7.50. The first-order valence-corrected chi connectivity index (χ1v) is 5.16. The van der Waals surface area contributed by atoms with E-state index in [1.807, 2.05) is 0 Å². The highest BCUT2D eigenvalue weighted by Crippen LogP contribution is 2.20. The molecule has 0 radical (unpaired) electrons. The number of hydrogen-bond donors (Lipinski definition) is 1. The molecule has 0 aliphatic heterocycles. The molecule has 0 aliphatic carbocycles. The fourth-order valence-corrected chi connectivity index (χ4v) is 1.57. The Morgan fingerprint density at radius 3 is 2.56 bits per heavy atom. The van der Waals surface area contributed by atoms with Gasteiger partial charge in [0.2, 0.25) is 0 Å². The SMILES string of the molecule is CCC(O)(COC)Cc1ccc(F)cc1F. The van der Waals surface area contributed by atoms with Crippen LogP contribution in [-0.2, 0) is 11.2 Å². The van der Waals surface area contributed by atoms with Crippen LogP contribution in [0.15, 0.2) is 18.2 Å². The summed E-state index contributed by atoms with van der Waals surface area (Å²) in [6.07, 6.45) is 0.557. The molecule has 90 valence electrons. The van der Waals surface area contributed by atoms with Gasteiger partial charge in [0.15, 0.2) is 0 Å². The van der Waals surface area contributed by atoms with Gasteiger partial charge in [0.1, 0.15) is 11.6 Å². The second-order valence-corrected chi connectivity index (χ2v) is 3.92. The highest BCUT2D eigenvalue weighted by Gasteiger charge is 2.26. The molecule has 0 aromatic heterocycles. The first kappa shape index (κ1) is 13.1. The summed E-state index contributed by atoms with van der Waals surface area (Å²) >= 11 is 0. The molecule has 0 aliphatic rings. The van der Waals surface area contributed by atoms with Gasteiger partial charge in [-0.2, -0.15) is 0 Å². The van der Waals surface area contributed by atoms with Gasteiger partial charge in [-0.05, 0) is 18.1 Å². The van der Waals surface area contributed by atoms with Crippen LogP contribution in [0.4, 0.5) is 8.78 Å². The van der Waals surface area contributed by atoms with Crippen molar-refractivity contribution in [1.29, 1.82) is 0 Å². The Hall–Kier alpha value is -1.00. The molecule has 0 heterocycles. The van der Waals surface area contributed by atoms with Crippen molar-refractivity contribution < 1.29 is 18.6 Å². The largest absolute Gasteiger partial charge is 0.387 e. The fourth-order valence-electron chi connectivity index (χ4n) is 1.57. The van der Waals surface area contributed by atoms with Crippen molar-refractivity contribution in [3.63, 3.8) is 0 Å². The van der Waals surface area contributed by atoms with Crippen LogP contribution in [-0.4, -0.2) is 24.4 Å². The zero-order valence-electron chi connectivity index (χ0n) is 9.46. The minimum Gasteiger partial charge on any atom is -0.387 e. The highest BCUT2D eigenvalue weighted by molar-refractivity contribution is 5.20. The maximum Gasteiger partial charge on any atom is 0.129 e. The van der Waals surface area contributed by atoms with Gasteiger partial charge < -0.3 is 9.84 Å². The van der Waals surface area contributed by atoms with Crippen LogP contribution >= 0.6 is 0 Å². The van der Waals surface area contributed by atoms with Gasteiger partial charge >= 0.3 is 0 Å². The molecule has 0 fully saturated rings. The minimum absolute atomic E-state index is 0.115. The molecule has 0 amide bonds. The van der Waals surface area contributed by atoms with Gasteiger partial charge in [0, 0.05) is 19.6 Å². The molecule has 0 bridgehead atoms. The Morgan fingerprint density at radius 1 is 1.38 bits per heavy atom. The lowest BCUT2D eigenvalue weighted by Crippen LogP contribution is -2.36. The van der Waals surface area contributed by atoms with Gasteiger partial charge in [-0.25, -0.2) is 8.78 Å². The summed E-state index contributed by atoms with van der Waals surface area (Å²) in [7, 11) is 1.47. The number of benzene rings is 1. The second kappa shape index (κ2) is 5.37. The normalized spacial score (nSPS) is 14.8. The maximum atomic E-state index is 13.4. The Labute approximate surface area is 93.9 Å². The van der Waals surface area contributed by atoms with Crippen molar-refractivity contribution in [2.24, 2.45) is 0 Å². The summed E-state index contributed by atoms with van der Waals surface area (Å²) in [6.45, 7) is 1.92. The van der Waals surface area contributed by atoms with Gasteiger partial charge in [-0.1, -0.05) is 13.0 Å². The average molecular weight is 230 g/mol. The Morgan fingerprint density at radius 2 is 2.06 bits per heavy atom. The number of halogens is 2. The van der Waals surface area contributed by atoms with E-state index >= 15 is 0 Å². The summed E-state index contributed by atoms with van der Waals surface area (Å²) in [6, 6.07) is 3.35. The summed E-state index contributed by atoms with van der Waals surface area (Å²) in [5.41, 5.74) is -0.809. The van der Waals surface area contributed by atoms with Gasteiger partial charge in [-0.3, -0.25) is 0 Å². The third-order valence-electron chi connectivity index (χ3n) is 2.61. The van der Waals surface area contributed by atoms with Crippen molar-refractivity contribution in [3.8, 4) is 0 Å². The predicted octanol–water partition coefficient (Wildman–Crippen LogP) is 2.29. The second-order valence-electron chi connectivity index (χ2n) is 3.92. The van der Waals surface area contributed by atoms with Crippen molar-refractivity contribution in [3.05, 3.63) is 35.4 Å². The standard InChI is InChI=1S/C12H16F2O2/c1-3-12(15,8-16-2)7-9-4-5-10(13)6-11(9)14/h4-6,15H,3,7-8H2,1-2H3. The molecule has 1 N–H and O–H groups in total. The molecule has 1 unspecified atom stereocenters. The summed E-state index contributed by atoms with van der Waals surface area (Å²) in [4.78, 5) is 0. The minimum atomic E-state index is -1.10. The zero-order chi connectivity index (χ0) is 12.2. The average Bonchev–Trinajstić information content (AvgIpc) is 2.23. The summed E-state index contributed by atoms with van der Waals surface area (Å²) in [5, 5.41) is 10.1. The zero-order valence-corrected chi connectivity index (χ0v) is 9.46. The summed E-state index contributed by atoms with van der Waals surface area (Å²) in [5.74, 6) is -1.25. The highest BCUT2D eigenvalue weighted by atomic mass is 19.1. The van der Waals surface area contributed by atoms with Gasteiger partial charge in [0.25, 0.3) is 0 Å². The Kier molecular flexibility index (Phi) is 4.38. The lowest BCUT2D eigenvalue weighted by molar-refractivity contribution is -0.0338. The van der Waals surface area contributed by atoms with E-state index in [0.29, 0.717) is 12.0 Å². The molecule has 1 aromatic carbocycles. The number of hydrogen-bond acceptors (Lipinski definition) is 2. The van der Waals surface area contributed by atoms with Crippen LogP contribution < -0.4 is 0 Å². The predicted molar refractivity (Wildman–Crippen MR) is 57.2 cm³/mol. The molecule has 2 nitrogen and oxygen atoms in total. The van der Waals surface area contributed by atoms with Crippen LogP contribution in [0, 0.1) is 11.6 Å². The topological polar surface area (TPSA) is 29.5 Å². The van der Waals surface area contributed by atoms with Crippen LogP contribution in [0.3, 0.4) is 0 Å². The lowest BCUT2D eigenvalue weighted by atomic mass is 9.92. The number of rotatable bonds is 5. The van der Waals surface area contributed by atoms with Crippen LogP contribution in [0.5, 0.6) is 0 Å². The van der Waals surface area contributed by atoms with E-state index in [2.05, 4.69) is 0 Å². The van der Waals surface area contributed by atoms with E-state index in [9.17, 15) is 13.9 Å². The van der Waals surface area contributed by atoms with Crippen molar-refractivity contribution in [1.82, 2.24) is 0 Å². The molecular formula is C12H16F2O2. The number of ether oxygens (including phenoxy) is 1. The van der Waals surface area contributed by atoms with Crippen LogP contribution in [0.1, 0.15) is 18.9 Å². The molecule has 1 atom stereocenters. The van der Waals surface area contributed by atoms with Crippen LogP contribution in [0.2, 0.25) is 0 Å². The molecule has 1 aromatic rings. The Bertz CT molecular complexity index is 355. The first-order valence-electron chi connectivity index (χ1n) is 5.16. The van der Waals surface area contributed by atoms with E-state index in [0.717, 1.165) is 6.07 Å². The lowest BCUT2D eigenvalue weighted by Gasteiger charge is -2.26. The summed E-state index contributed by atoms with van der Waals surface area (Å²) < 4.78 is 30.9. The van der Waals surface area contributed by atoms with E-state index in [4.69, 9.17) is 4.74 Å². The van der Waals surface area contributed by atoms with E-state index in [1.165, 1.54) is 19.2 Å². The molecule has 0 spiro atoms. The third-order valence-corrected chi connectivity index (χ3v) is 2.61. The van der Waals surface area contributed by atoms with E-state index in [-0.39, 0.29) is 13.0 Å². The van der Waals surface area contributed by atoms with Gasteiger partial charge in [0.05, 0.1) is 12.2 Å². The maximum absolute atomic E-state index is 13.4. The Balaban J connectivity index is 2.85. The molecular weight excluding hydrogens is 214 g/mol. The molecule has 0 saturated heterocycles. The van der Waals surface area contributed by atoms with Crippen LogP contribution in [0.25, 0.3) is 0 Å². The number of methoxy groups -OCH3 is 1. The van der Waals surface area contributed by atoms with Crippen molar-refractivity contribution in [2.45, 2.75) is 25.4 Å². The molecule has 16 heavy (non-hydrogen) atoms. The van der Waals surface area contributed by atoms with Gasteiger partial charge in [-0.15, -0.1) is 0 Å². The molecule has 1 rings (SSSR count). The number of aliphatic hydroxyl groups is 1. The van der Waals surface area contributed by atoms with E-state index < -0.39 is 17.2 Å². The molecule has 4 heteroatoms. The van der Waals surface area contributed by atoms with E-state index in [1.54, 1.807) is 6.92 Å². The fraction of sp³-hybridized carbons (Fsp3) is 0.500. The van der Waals surface area contributed by atoms with Crippen molar-refractivity contribution in [2.75, 3.05) is 13.7 Å². The van der Waals surface area contributed by atoms with Crippen molar-refractivity contribution >= 4 is 0 Å². The quantitative estimate of drug-likeness (QED) is 0.841. The smallest absolute Gasteiger partial charge is 0.129 e. The monoisotopic (exact) mass is 230 g/mol. The third kappa shape index (κ3) is 3.25. The molecule has 0 saturated carbocycles.